The van der Waals surface area contributed by atoms with Crippen molar-refractivity contribution in [1.29, 1.82) is 0 Å². The van der Waals surface area contributed by atoms with E-state index in [0.717, 1.165) is 12.8 Å². The highest BCUT2D eigenvalue weighted by Crippen LogP contribution is 2.12. The van der Waals surface area contributed by atoms with E-state index in [4.69, 9.17) is 4.74 Å². The largest absolute Gasteiger partial charge is 0.385 e. The van der Waals surface area contributed by atoms with Crippen LogP contribution in [0.5, 0.6) is 0 Å². The summed E-state index contributed by atoms with van der Waals surface area (Å²) in [4.78, 5) is 23.6. The van der Waals surface area contributed by atoms with Crippen LogP contribution in [-0.4, -0.2) is 37.0 Å². The van der Waals surface area contributed by atoms with Crippen LogP contribution in [0, 0.1) is 0 Å². The van der Waals surface area contributed by atoms with Crippen LogP contribution in [0.25, 0.3) is 0 Å². The van der Waals surface area contributed by atoms with Crippen LogP contribution in [-0.2, 0) is 14.3 Å². The predicted molar refractivity (Wildman–Crippen MR) is 47.1 cm³/mol. The Kier molecular flexibility index (Phi) is 3.89. The molecule has 74 valence electrons. The second-order valence-electron chi connectivity index (χ2n) is 3.14. The molecule has 0 saturated carbocycles. The molecule has 13 heavy (non-hydrogen) atoms. The summed E-state index contributed by atoms with van der Waals surface area (Å²) in [5, 5.41) is 0. The number of carbonyl (C=O) groups is 2. The van der Waals surface area contributed by atoms with E-state index in [1.165, 1.54) is 4.90 Å². The molecule has 1 aliphatic heterocycles. The molecular weight excluding hydrogens is 170 g/mol. The molecule has 1 aliphatic rings. The molecule has 1 fully saturated rings. The lowest BCUT2D eigenvalue weighted by Gasteiger charge is -2.12. The fourth-order valence-corrected chi connectivity index (χ4v) is 1.39. The molecule has 4 heteroatoms. The van der Waals surface area contributed by atoms with E-state index in [2.05, 4.69) is 0 Å². The number of methoxy groups -OCH3 is 1. The van der Waals surface area contributed by atoms with Gasteiger partial charge in [-0.05, 0) is 12.8 Å². The van der Waals surface area contributed by atoms with E-state index >= 15 is 0 Å². The SMILES string of the molecule is COCCCCN1C(=O)CCC1=O. The molecule has 0 N–H and O–H groups in total. The Morgan fingerprint density at radius 2 is 1.85 bits per heavy atom. The molecule has 0 spiro atoms. The molecule has 1 rings (SSSR count). The Labute approximate surface area is 77.8 Å². The van der Waals surface area contributed by atoms with Gasteiger partial charge in [0.15, 0.2) is 0 Å². The molecule has 0 unspecified atom stereocenters. The summed E-state index contributed by atoms with van der Waals surface area (Å²) in [6.07, 6.45) is 2.52. The minimum absolute atomic E-state index is 0.0255. The number of nitrogens with zero attached hydrogens (tertiary/aromatic N) is 1. The molecule has 0 aromatic heterocycles. The van der Waals surface area contributed by atoms with Crippen LogP contribution in [0.4, 0.5) is 0 Å². The molecule has 2 amide bonds. The second-order valence-corrected chi connectivity index (χ2v) is 3.14. The predicted octanol–water partition coefficient (Wildman–Crippen LogP) is 0.562. The van der Waals surface area contributed by atoms with Crippen molar-refractivity contribution in [2.24, 2.45) is 0 Å². The number of hydrogen-bond donors (Lipinski definition) is 0. The first-order valence-corrected chi connectivity index (χ1v) is 4.58. The Morgan fingerprint density at radius 3 is 2.38 bits per heavy atom. The number of ether oxygens (including phenoxy) is 1. The number of rotatable bonds is 5. The van der Waals surface area contributed by atoms with Crippen molar-refractivity contribution < 1.29 is 14.3 Å². The lowest BCUT2D eigenvalue weighted by molar-refractivity contribution is -0.138. The fourth-order valence-electron chi connectivity index (χ4n) is 1.39. The maximum absolute atomic E-state index is 11.1. The van der Waals surface area contributed by atoms with Gasteiger partial charge in [-0.25, -0.2) is 0 Å². The average Bonchev–Trinajstić information content (AvgIpc) is 2.42. The molecule has 0 aromatic carbocycles. The lowest BCUT2D eigenvalue weighted by atomic mass is 10.3. The molecule has 0 radical (unpaired) electrons. The van der Waals surface area contributed by atoms with Crippen molar-refractivity contribution >= 4 is 11.8 Å². The van der Waals surface area contributed by atoms with Crippen LogP contribution in [0.1, 0.15) is 25.7 Å². The summed E-state index contributed by atoms with van der Waals surface area (Å²) in [7, 11) is 1.64. The van der Waals surface area contributed by atoms with E-state index in [1.54, 1.807) is 7.11 Å². The summed E-state index contributed by atoms with van der Waals surface area (Å²) in [5.41, 5.74) is 0. The minimum atomic E-state index is -0.0255. The maximum atomic E-state index is 11.1. The van der Waals surface area contributed by atoms with Gasteiger partial charge in [-0.1, -0.05) is 0 Å². The molecule has 0 aromatic rings. The van der Waals surface area contributed by atoms with Crippen LogP contribution >= 0.6 is 0 Å². The Morgan fingerprint density at radius 1 is 1.23 bits per heavy atom. The topological polar surface area (TPSA) is 46.6 Å². The Bertz CT molecular complexity index is 187. The van der Waals surface area contributed by atoms with E-state index in [0.29, 0.717) is 26.0 Å². The molecule has 0 bridgehead atoms. The van der Waals surface area contributed by atoms with Crippen molar-refractivity contribution in [3.05, 3.63) is 0 Å². The van der Waals surface area contributed by atoms with Gasteiger partial charge in [0.05, 0.1) is 0 Å². The van der Waals surface area contributed by atoms with Gasteiger partial charge in [0.25, 0.3) is 0 Å². The first-order valence-electron chi connectivity index (χ1n) is 4.58. The van der Waals surface area contributed by atoms with Crippen molar-refractivity contribution in [3.8, 4) is 0 Å². The molecule has 0 atom stereocenters. The number of unbranched alkanes of at least 4 members (excludes halogenated alkanes) is 1. The smallest absolute Gasteiger partial charge is 0.229 e. The minimum Gasteiger partial charge on any atom is -0.385 e. The summed E-state index contributed by atoms with van der Waals surface area (Å²) in [6, 6.07) is 0. The number of carbonyl (C=O) groups excluding carboxylic acids is 2. The van der Waals surface area contributed by atoms with Gasteiger partial charge in [0.1, 0.15) is 0 Å². The summed E-state index contributed by atoms with van der Waals surface area (Å²) >= 11 is 0. The third-order valence-corrected chi connectivity index (χ3v) is 2.14. The zero-order valence-corrected chi connectivity index (χ0v) is 7.91. The monoisotopic (exact) mass is 185 g/mol. The molecular formula is C9H15NO3. The first-order chi connectivity index (χ1) is 6.25. The van der Waals surface area contributed by atoms with Gasteiger partial charge in [-0.3, -0.25) is 14.5 Å². The number of amides is 2. The number of likely N-dealkylation sites (tertiary alicyclic amines) is 1. The summed E-state index contributed by atoms with van der Waals surface area (Å²) in [5.74, 6) is -0.0511. The Hall–Kier alpha value is -0.900. The Balaban J connectivity index is 2.20. The van der Waals surface area contributed by atoms with Crippen LogP contribution in [0.15, 0.2) is 0 Å². The first kappa shape index (κ1) is 10.2. The van der Waals surface area contributed by atoms with Gasteiger partial charge >= 0.3 is 0 Å². The van der Waals surface area contributed by atoms with Crippen molar-refractivity contribution in [1.82, 2.24) is 4.90 Å². The third kappa shape index (κ3) is 2.81. The summed E-state index contributed by atoms with van der Waals surface area (Å²) < 4.78 is 4.87. The molecule has 1 heterocycles. The van der Waals surface area contributed by atoms with Crippen LogP contribution in [0.2, 0.25) is 0 Å². The highest BCUT2D eigenvalue weighted by Gasteiger charge is 2.27. The quantitative estimate of drug-likeness (QED) is 0.464. The zero-order valence-electron chi connectivity index (χ0n) is 7.91. The van der Waals surface area contributed by atoms with Crippen LogP contribution < -0.4 is 0 Å². The molecule has 0 aliphatic carbocycles. The summed E-state index contributed by atoms with van der Waals surface area (Å²) in [6.45, 7) is 1.25. The standard InChI is InChI=1S/C9H15NO3/c1-13-7-3-2-6-10-8(11)4-5-9(10)12/h2-7H2,1H3. The van der Waals surface area contributed by atoms with Gasteiger partial charge in [0.2, 0.25) is 11.8 Å². The van der Waals surface area contributed by atoms with E-state index in [-0.39, 0.29) is 11.8 Å². The maximum Gasteiger partial charge on any atom is 0.229 e. The van der Waals surface area contributed by atoms with Gasteiger partial charge in [0, 0.05) is 33.1 Å². The van der Waals surface area contributed by atoms with Crippen molar-refractivity contribution in [3.63, 3.8) is 0 Å². The highest BCUT2D eigenvalue weighted by atomic mass is 16.5. The van der Waals surface area contributed by atoms with Crippen molar-refractivity contribution in [2.75, 3.05) is 20.3 Å². The third-order valence-electron chi connectivity index (χ3n) is 2.14. The van der Waals surface area contributed by atoms with E-state index in [9.17, 15) is 9.59 Å². The van der Waals surface area contributed by atoms with Gasteiger partial charge in [-0.15, -0.1) is 0 Å². The zero-order chi connectivity index (χ0) is 9.68. The molecule has 1 saturated heterocycles. The highest BCUT2D eigenvalue weighted by molar-refractivity contribution is 6.01. The van der Waals surface area contributed by atoms with Gasteiger partial charge in [-0.2, -0.15) is 0 Å². The average molecular weight is 185 g/mol. The number of hydrogen-bond acceptors (Lipinski definition) is 3. The van der Waals surface area contributed by atoms with E-state index in [1.807, 2.05) is 0 Å². The van der Waals surface area contributed by atoms with Crippen molar-refractivity contribution in [2.45, 2.75) is 25.7 Å². The second kappa shape index (κ2) is 4.97. The molecule has 4 nitrogen and oxygen atoms in total. The van der Waals surface area contributed by atoms with Crippen LogP contribution in [0.3, 0.4) is 0 Å². The fraction of sp³-hybridized carbons (Fsp3) is 0.778. The van der Waals surface area contributed by atoms with Gasteiger partial charge < -0.3 is 4.74 Å². The van der Waals surface area contributed by atoms with E-state index < -0.39 is 0 Å². The lowest BCUT2D eigenvalue weighted by Crippen LogP contribution is -2.30. The normalized spacial score (nSPS) is 17.2. The number of imide groups is 1.